The minimum absolute atomic E-state index is 0.203. The second kappa shape index (κ2) is 8.60. The van der Waals surface area contributed by atoms with E-state index in [4.69, 9.17) is 4.52 Å². The first kappa shape index (κ1) is 21.6. The first-order valence-corrected chi connectivity index (χ1v) is 10.8. The summed E-state index contributed by atoms with van der Waals surface area (Å²) >= 11 is 1.21. The van der Waals surface area contributed by atoms with Gasteiger partial charge in [0.05, 0.1) is 16.6 Å². The zero-order valence-electron chi connectivity index (χ0n) is 17.6. The van der Waals surface area contributed by atoms with Gasteiger partial charge in [-0.3, -0.25) is 14.2 Å². The fourth-order valence-electron chi connectivity index (χ4n) is 3.43. The first-order valence-electron chi connectivity index (χ1n) is 10.0. The standard InChI is InChI=1S/C23H15F2N5O3S/c1-12-18-22(34-19(12)21-28-20(29-33-21)13-5-7-14(24)8-6-13)26-11-30(23(18)32)10-17(31)27-16-4-2-3-15(25)9-16/h2-9,11H,10H2,1H3,(H,27,31). The molecule has 0 spiro atoms. The molecule has 5 rings (SSSR count). The van der Waals surface area contributed by atoms with Crippen LogP contribution in [0.5, 0.6) is 0 Å². The van der Waals surface area contributed by atoms with Crippen molar-refractivity contribution in [2.24, 2.45) is 0 Å². The van der Waals surface area contributed by atoms with Crippen LogP contribution in [-0.4, -0.2) is 25.6 Å². The molecule has 5 aromatic rings. The zero-order chi connectivity index (χ0) is 23.8. The van der Waals surface area contributed by atoms with Crippen molar-refractivity contribution in [3.05, 3.63) is 82.4 Å². The number of amides is 1. The van der Waals surface area contributed by atoms with Gasteiger partial charge in [0, 0.05) is 11.3 Å². The fourth-order valence-corrected chi connectivity index (χ4v) is 4.49. The molecule has 0 aliphatic rings. The van der Waals surface area contributed by atoms with Gasteiger partial charge in [-0.2, -0.15) is 4.98 Å². The summed E-state index contributed by atoms with van der Waals surface area (Å²) in [5.74, 6) is -0.869. The quantitative estimate of drug-likeness (QED) is 0.401. The number of aryl methyl sites for hydroxylation is 1. The Labute approximate surface area is 194 Å². The van der Waals surface area contributed by atoms with E-state index < -0.39 is 17.3 Å². The van der Waals surface area contributed by atoms with Crippen molar-refractivity contribution < 1.29 is 18.1 Å². The lowest BCUT2D eigenvalue weighted by molar-refractivity contribution is -0.116. The molecule has 0 atom stereocenters. The van der Waals surface area contributed by atoms with Crippen molar-refractivity contribution in [2.75, 3.05) is 5.32 Å². The molecule has 1 N–H and O–H groups in total. The number of carbonyl (C=O) groups is 1. The summed E-state index contributed by atoms with van der Waals surface area (Å²) in [4.78, 5) is 35.2. The third-order valence-electron chi connectivity index (χ3n) is 5.06. The Bertz CT molecular complexity index is 1590. The molecule has 3 aromatic heterocycles. The van der Waals surface area contributed by atoms with Crippen molar-refractivity contribution in [1.29, 1.82) is 0 Å². The molecular weight excluding hydrogens is 464 g/mol. The SMILES string of the molecule is Cc1c(-c2nc(-c3ccc(F)cc3)no2)sc2ncn(CC(=O)Nc3cccc(F)c3)c(=O)c12. The van der Waals surface area contributed by atoms with Gasteiger partial charge in [0.2, 0.25) is 11.7 Å². The van der Waals surface area contributed by atoms with Crippen molar-refractivity contribution in [1.82, 2.24) is 19.7 Å². The molecular formula is C23H15F2N5O3S. The Morgan fingerprint density at radius 3 is 2.71 bits per heavy atom. The lowest BCUT2D eigenvalue weighted by Gasteiger charge is -2.07. The van der Waals surface area contributed by atoms with Crippen LogP contribution in [0.2, 0.25) is 0 Å². The van der Waals surface area contributed by atoms with Gasteiger partial charge in [-0.1, -0.05) is 11.2 Å². The smallest absolute Gasteiger partial charge is 0.268 e. The van der Waals surface area contributed by atoms with E-state index in [-0.39, 0.29) is 29.8 Å². The van der Waals surface area contributed by atoms with Crippen molar-refractivity contribution >= 4 is 33.1 Å². The number of nitrogens with one attached hydrogen (secondary N) is 1. The van der Waals surface area contributed by atoms with Crippen molar-refractivity contribution in [3.8, 4) is 22.2 Å². The van der Waals surface area contributed by atoms with Gasteiger partial charge in [-0.05, 0) is 55.0 Å². The normalized spacial score (nSPS) is 11.1. The van der Waals surface area contributed by atoms with E-state index >= 15 is 0 Å². The Hall–Kier alpha value is -4.25. The number of nitrogens with zero attached hydrogens (tertiary/aromatic N) is 4. The highest BCUT2D eigenvalue weighted by atomic mass is 32.1. The third kappa shape index (κ3) is 4.08. The largest absolute Gasteiger partial charge is 0.333 e. The monoisotopic (exact) mass is 479 g/mol. The Balaban J connectivity index is 1.44. The van der Waals surface area contributed by atoms with Gasteiger partial charge in [0.25, 0.3) is 11.4 Å². The number of hydrogen-bond acceptors (Lipinski definition) is 7. The van der Waals surface area contributed by atoms with Gasteiger partial charge in [-0.15, -0.1) is 11.3 Å². The molecule has 1 amide bonds. The van der Waals surface area contributed by atoms with Crippen molar-refractivity contribution in [2.45, 2.75) is 13.5 Å². The number of halogens is 2. The van der Waals surface area contributed by atoms with Crippen molar-refractivity contribution in [3.63, 3.8) is 0 Å². The zero-order valence-corrected chi connectivity index (χ0v) is 18.4. The summed E-state index contributed by atoms with van der Waals surface area (Å²) in [6, 6.07) is 11.1. The van der Waals surface area contributed by atoms with Gasteiger partial charge < -0.3 is 9.84 Å². The summed E-state index contributed by atoms with van der Waals surface area (Å²) in [6.07, 6.45) is 1.29. The number of benzene rings is 2. The van der Waals surface area contributed by atoms with E-state index in [0.717, 1.165) is 0 Å². The summed E-state index contributed by atoms with van der Waals surface area (Å²) in [6.45, 7) is 1.44. The molecule has 2 aromatic carbocycles. The average Bonchev–Trinajstić information content (AvgIpc) is 3.41. The van der Waals surface area contributed by atoms with Crippen LogP contribution in [0.25, 0.3) is 32.4 Å². The van der Waals surface area contributed by atoms with Gasteiger partial charge in [-0.25, -0.2) is 13.8 Å². The Morgan fingerprint density at radius 1 is 1.15 bits per heavy atom. The molecule has 0 aliphatic carbocycles. The van der Waals surface area contributed by atoms with Crippen LogP contribution < -0.4 is 10.9 Å². The van der Waals surface area contributed by atoms with Gasteiger partial charge in [0.1, 0.15) is 23.0 Å². The van der Waals surface area contributed by atoms with Crippen LogP contribution in [0.1, 0.15) is 5.56 Å². The average molecular weight is 479 g/mol. The van der Waals surface area contributed by atoms with E-state index in [1.807, 2.05) is 0 Å². The number of carbonyl (C=O) groups excluding carboxylic acids is 1. The van der Waals surface area contributed by atoms with Crippen LogP contribution in [0, 0.1) is 18.6 Å². The first-order chi connectivity index (χ1) is 16.4. The Morgan fingerprint density at radius 2 is 1.94 bits per heavy atom. The highest BCUT2D eigenvalue weighted by Gasteiger charge is 2.21. The molecule has 0 saturated carbocycles. The fraction of sp³-hybridized carbons (Fsp3) is 0.0870. The van der Waals surface area contributed by atoms with E-state index in [1.54, 1.807) is 13.0 Å². The molecule has 0 radical (unpaired) electrons. The molecule has 0 saturated heterocycles. The number of aromatic nitrogens is 4. The predicted octanol–water partition coefficient (Wildman–Crippen LogP) is 4.40. The number of anilines is 1. The topological polar surface area (TPSA) is 103 Å². The molecule has 34 heavy (non-hydrogen) atoms. The van der Waals surface area contributed by atoms with E-state index in [0.29, 0.717) is 26.2 Å². The molecule has 0 bridgehead atoms. The van der Waals surface area contributed by atoms with Crippen LogP contribution in [0.3, 0.4) is 0 Å². The lowest BCUT2D eigenvalue weighted by atomic mass is 10.2. The summed E-state index contributed by atoms with van der Waals surface area (Å²) in [5.41, 5.74) is 1.05. The second-order valence-electron chi connectivity index (χ2n) is 7.40. The van der Waals surface area contributed by atoms with E-state index in [2.05, 4.69) is 20.4 Å². The summed E-state index contributed by atoms with van der Waals surface area (Å²) < 4.78 is 33.1. The number of rotatable bonds is 5. The number of hydrogen-bond donors (Lipinski definition) is 1. The molecule has 11 heteroatoms. The molecule has 170 valence electrons. The van der Waals surface area contributed by atoms with Crippen LogP contribution in [0.15, 0.2) is 64.2 Å². The second-order valence-corrected chi connectivity index (χ2v) is 8.40. The van der Waals surface area contributed by atoms with Crippen LogP contribution in [-0.2, 0) is 11.3 Å². The van der Waals surface area contributed by atoms with E-state index in [1.165, 1.54) is 64.7 Å². The molecule has 0 unspecified atom stereocenters. The highest BCUT2D eigenvalue weighted by molar-refractivity contribution is 7.22. The minimum atomic E-state index is -0.497. The molecule has 0 fully saturated rings. The Kier molecular flexibility index (Phi) is 5.46. The third-order valence-corrected chi connectivity index (χ3v) is 6.25. The van der Waals surface area contributed by atoms with Crippen LogP contribution >= 0.6 is 11.3 Å². The lowest BCUT2D eigenvalue weighted by Crippen LogP contribution is -2.27. The van der Waals surface area contributed by atoms with E-state index in [9.17, 15) is 18.4 Å². The number of fused-ring (bicyclic) bond motifs is 1. The minimum Gasteiger partial charge on any atom is -0.333 e. The van der Waals surface area contributed by atoms with Gasteiger partial charge in [0.15, 0.2) is 0 Å². The molecule has 3 heterocycles. The summed E-state index contributed by atoms with van der Waals surface area (Å²) in [7, 11) is 0. The van der Waals surface area contributed by atoms with Gasteiger partial charge >= 0.3 is 0 Å². The predicted molar refractivity (Wildman–Crippen MR) is 122 cm³/mol. The highest BCUT2D eigenvalue weighted by Crippen LogP contribution is 2.35. The number of thiophene rings is 1. The molecule has 0 aliphatic heterocycles. The summed E-state index contributed by atoms with van der Waals surface area (Å²) in [5, 5.41) is 6.83. The van der Waals surface area contributed by atoms with Crippen LogP contribution in [0.4, 0.5) is 14.5 Å². The maximum Gasteiger partial charge on any atom is 0.268 e. The maximum absolute atomic E-state index is 13.3. The molecule has 8 nitrogen and oxygen atoms in total. The maximum atomic E-state index is 13.3.